The van der Waals surface area contributed by atoms with E-state index in [-0.39, 0.29) is 30.6 Å². The van der Waals surface area contributed by atoms with Crippen molar-refractivity contribution < 1.29 is 18.3 Å². The van der Waals surface area contributed by atoms with E-state index in [0.717, 1.165) is 0 Å². The Labute approximate surface area is 110 Å². The highest BCUT2D eigenvalue weighted by Crippen LogP contribution is 2.15. The summed E-state index contributed by atoms with van der Waals surface area (Å²) in [5.41, 5.74) is 6.02. The van der Waals surface area contributed by atoms with Crippen LogP contribution in [0.3, 0.4) is 0 Å². The second-order valence-corrected chi connectivity index (χ2v) is 3.53. The number of amides is 1. The number of rotatable bonds is 5. The quantitative estimate of drug-likeness (QED) is 0.862. The molecule has 0 fully saturated rings. The molecule has 0 aromatic heterocycles. The summed E-state index contributed by atoms with van der Waals surface area (Å²) in [5.74, 6) is -0.238. The van der Waals surface area contributed by atoms with Crippen molar-refractivity contribution in [2.75, 3.05) is 0 Å². The van der Waals surface area contributed by atoms with Crippen LogP contribution in [0.25, 0.3) is 0 Å². The van der Waals surface area contributed by atoms with Gasteiger partial charge in [0, 0.05) is 6.54 Å². The maximum absolute atomic E-state index is 12.0. The number of halogens is 3. The first-order valence-corrected chi connectivity index (χ1v) is 5.06. The molecule has 0 saturated carbocycles. The van der Waals surface area contributed by atoms with Crippen molar-refractivity contribution in [1.82, 2.24) is 5.32 Å². The summed E-state index contributed by atoms with van der Waals surface area (Å²) in [5, 5.41) is 2.57. The van der Waals surface area contributed by atoms with E-state index in [2.05, 4.69) is 10.1 Å². The van der Waals surface area contributed by atoms with Gasteiger partial charge in [0.15, 0.2) is 0 Å². The van der Waals surface area contributed by atoms with Gasteiger partial charge in [0.05, 0.1) is 6.04 Å². The average Bonchev–Trinajstić information content (AvgIpc) is 2.25. The van der Waals surface area contributed by atoms with Crippen molar-refractivity contribution in [1.29, 1.82) is 0 Å². The first kappa shape index (κ1) is 16.6. The number of carbonyl (C=O) groups excluding carboxylic acids is 1. The fourth-order valence-corrected chi connectivity index (χ4v) is 1.18. The second kappa shape index (κ2) is 7.84. The SMILES string of the molecule is C[C@@H](N)C(=O)NCc1cccc(OC(F)F)c1.Cl. The molecule has 7 heteroatoms. The predicted molar refractivity (Wildman–Crippen MR) is 65.8 cm³/mol. The molecule has 102 valence electrons. The Balaban J connectivity index is 0.00000289. The van der Waals surface area contributed by atoms with E-state index in [0.29, 0.717) is 5.56 Å². The van der Waals surface area contributed by atoms with Crippen LogP contribution in [0.5, 0.6) is 5.75 Å². The highest BCUT2D eigenvalue weighted by Gasteiger charge is 2.07. The molecule has 0 aliphatic rings. The van der Waals surface area contributed by atoms with E-state index >= 15 is 0 Å². The fraction of sp³-hybridized carbons (Fsp3) is 0.364. The Bertz CT molecular complexity index is 389. The van der Waals surface area contributed by atoms with Crippen molar-refractivity contribution in [2.24, 2.45) is 5.73 Å². The van der Waals surface area contributed by atoms with Gasteiger partial charge in [-0.25, -0.2) is 0 Å². The summed E-state index contributed by atoms with van der Waals surface area (Å²) >= 11 is 0. The molecule has 1 aromatic carbocycles. The third-order valence-corrected chi connectivity index (χ3v) is 2.00. The zero-order valence-corrected chi connectivity index (χ0v) is 10.5. The van der Waals surface area contributed by atoms with Gasteiger partial charge in [0.2, 0.25) is 5.91 Å². The molecule has 1 amide bonds. The Morgan fingerprint density at radius 2 is 2.17 bits per heavy atom. The largest absolute Gasteiger partial charge is 0.435 e. The predicted octanol–water partition coefficient (Wildman–Crippen LogP) is 1.67. The van der Waals surface area contributed by atoms with Crippen molar-refractivity contribution >= 4 is 18.3 Å². The van der Waals surface area contributed by atoms with Crippen LogP contribution >= 0.6 is 12.4 Å². The van der Waals surface area contributed by atoms with E-state index in [1.165, 1.54) is 12.1 Å². The van der Waals surface area contributed by atoms with Crippen molar-refractivity contribution in [3.8, 4) is 5.75 Å². The Kier molecular flexibility index (Phi) is 7.23. The number of carbonyl (C=O) groups is 1. The molecule has 1 aromatic rings. The van der Waals surface area contributed by atoms with Gasteiger partial charge in [-0.2, -0.15) is 8.78 Å². The van der Waals surface area contributed by atoms with Crippen LogP contribution in [0.2, 0.25) is 0 Å². The van der Waals surface area contributed by atoms with Crippen LogP contribution in [0.4, 0.5) is 8.78 Å². The zero-order chi connectivity index (χ0) is 12.8. The minimum absolute atomic E-state index is 0. The van der Waals surface area contributed by atoms with Crippen molar-refractivity contribution in [3.05, 3.63) is 29.8 Å². The minimum Gasteiger partial charge on any atom is -0.435 e. The van der Waals surface area contributed by atoms with Crippen LogP contribution in [0.15, 0.2) is 24.3 Å². The summed E-state index contributed by atoms with van der Waals surface area (Å²) < 4.78 is 28.2. The van der Waals surface area contributed by atoms with E-state index in [1.807, 2.05) is 0 Å². The number of alkyl halides is 2. The van der Waals surface area contributed by atoms with E-state index in [1.54, 1.807) is 19.1 Å². The Hall–Kier alpha value is -1.40. The van der Waals surface area contributed by atoms with Gasteiger partial charge < -0.3 is 15.8 Å². The van der Waals surface area contributed by atoms with Gasteiger partial charge in [0.1, 0.15) is 5.75 Å². The number of nitrogens with two attached hydrogens (primary N) is 1. The standard InChI is InChI=1S/C11H14F2N2O2.ClH/c1-7(14)10(16)15-6-8-3-2-4-9(5-8)17-11(12)13;/h2-5,7,11H,6,14H2,1H3,(H,15,16);1H/t7-;/m1./s1. The lowest BCUT2D eigenvalue weighted by Gasteiger charge is -2.09. The minimum atomic E-state index is -2.86. The number of benzene rings is 1. The molecule has 0 spiro atoms. The molecule has 3 N–H and O–H groups in total. The van der Waals surface area contributed by atoms with Gasteiger partial charge in [-0.15, -0.1) is 12.4 Å². The molecule has 0 heterocycles. The van der Waals surface area contributed by atoms with Gasteiger partial charge in [-0.3, -0.25) is 4.79 Å². The van der Waals surface area contributed by atoms with E-state index < -0.39 is 12.7 Å². The maximum atomic E-state index is 12.0. The van der Waals surface area contributed by atoms with Crippen LogP contribution in [0, 0.1) is 0 Å². The molecule has 0 aliphatic heterocycles. The molecular weight excluding hydrogens is 266 g/mol. The second-order valence-electron chi connectivity index (χ2n) is 3.53. The first-order chi connectivity index (χ1) is 7.99. The summed E-state index contributed by atoms with van der Waals surface area (Å²) in [6.45, 7) is -1.07. The molecule has 0 saturated heterocycles. The fourth-order valence-electron chi connectivity index (χ4n) is 1.18. The summed E-state index contributed by atoms with van der Waals surface area (Å²) in [7, 11) is 0. The third kappa shape index (κ3) is 5.79. The molecule has 0 unspecified atom stereocenters. The molecule has 1 atom stereocenters. The summed E-state index contributed by atoms with van der Waals surface area (Å²) in [4.78, 5) is 11.2. The lowest BCUT2D eigenvalue weighted by atomic mass is 10.2. The average molecular weight is 281 g/mol. The summed E-state index contributed by atoms with van der Waals surface area (Å²) in [6, 6.07) is 5.53. The molecule has 4 nitrogen and oxygen atoms in total. The lowest BCUT2D eigenvalue weighted by molar-refractivity contribution is -0.122. The number of ether oxygens (including phenoxy) is 1. The van der Waals surface area contributed by atoms with Crippen LogP contribution in [-0.2, 0) is 11.3 Å². The monoisotopic (exact) mass is 280 g/mol. The van der Waals surface area contributed by atoms with Crippen molar-refractivity contribution in [3.63, 3.8) is 0 Å². The Morgan fingerprint density at radius 3 is 2.72 bits per heavy atom. The maximum Gasteiger partial charge on any atom is 0.387 e. The van der Waals surface area contributed by atoms with Gasteiger partial charge in [-0.05, 0) is 24.6 Å². The van der Waals surface area contributed by atoms with Gasteiger partial charge in [0.25, 0.3) is 0 Å². The topological polar surface area (TPSA) is 64.4 Å². The smallest absolute Gasteiger partial charge is 0.387 e. The number of nitrogens with one attached hydrogen (secondary N) is 1. The Morgan fingerprint density at radius 1 is 1.50 bits per heavy atom. The number of hydrogen-bond acceptors (Lipinski definition) is 3. The highest BCUT2D eigenvalue weighted by molar-refractivity contribution is 5.85. The highest BCUT2D eigenvalue weighted by atomic mass is 35.5. The normalized spacial score (nSPS) is 11.6. The molecule has 0 bridgehead atoms. The van der Waals surface area contributed by atoms with Crippen LogP contribution in [0.1, 0.15) is 12.5 Å². The van der Waals surface area contributed by atoms with Crippen LogP contribution in [-0.4, -0.2) is 18.6 Å². The third-order valence-electron chi connectivity index (χ3n) is 2.00. The molecular formula is C11H15ClF2N2O2. The molecule has 18 heavy (non-hydrogen) atoms. The van der Waals surface area contributed by atoms with Crippen LogP contribution < -0.4 is 15.8 Å². The number of hydrogen-bond donors (Lipinski definition) is 2. The first-order valence-electron chi connectivity index (χ1n) is 5.06. The van der Waals surface area contributed by atoms with Gasteiger partial charge in [-0.1, -0.05) is 12.1 Å². The molecule has 0 aliphatic carbocycles. The van der Waals surface area contributed by atoms with E-state index in [9.17, 15) is 13.6 Å². The lowest BCUT2D eigenvalue weighted by Crippen LogP contribution is -2.37. The molecule has 1 rings (SSSR count). The molecule has 0 radical (unpaired) electrons. The van der Waals surface area contributed by atoms with Crippen molar-refractivity contribution in [2.45, 2.75) is 26.1 Å². The zero-order valence-electron chi connectivity index (χ0n) is 9.73. The van der Waals surface area contributed by atoms with Gasteiger partial charge >= 0.3 is 6.61 Å². The summed E-state index contributed by atoms with van der Waals surface area (Å²) in [6.07, 6.45) is 0. The van der Waals surface area contributed by atoms with E-state index in [4.69, 9.17) is 5.73 Å².